The number of ether oxygens (including phenoxy) is 14. The van der Waals surface area contributed by atoms with E-state index in [0.29, 0.717) is 0 Å². The fourth-order valence-electron chi connectivity index (χ4n) is 12.0. The summed E-state index contributed by atoms with van der Waals surface area (Å²) in [5.41, 5.74) is 7.21. The zero-order valence-corrected chi connectivity index (χ0v) is 53.9. The molecule has 0 aromatic heterocycles. The van der Waals surface area contributed by atoms with Crippen LogP contribution in [-0.2, 0) is 129 Å². The Hall–Kier alpha value is -7.82. The molecule has 8 aromatic rings. The van der Waals surface area contributed by atoms with E-state index in [4.69, 9.17) is 66.3 Å². The molecule has 0 saturated carbocycles. The van der Waals surface area contributed by atoms with Crippen molar-refractivity contribution in [3.05, 3.63) is 287 Å². The molecule has 11 rings (SSSR count). The maximum absolute atomic E-state index is 13.8. The maximum Gasteiger partial charge on any atom is 0.303 e. The van der Waals surface area contributed by atoms with Crippen molar-refractivity contribution in [2.45, 2.75) is 166 Å². The van der Waals surface area contributed by atoms with Crippen LogP contribution in [0.1, 0.15) is 65.3 Å². The molecule has 0 unspecified atom stereocenters. The highest BCUT2D eigenvalue weighted by Crippen LogP contribution is 2.39. The molecule has 17 nitrogen and oxygen atoms in total. The largest absolute Gasteiger partial charge is 0.457 e. The van der Waals surface area contributed by atoms with Gasteiger partial charge in [-0.15, -0.1) is 0 Å². The normalized spacial score (nSPS) is 25.9. The van der Waals surface area contributed by atoms with Crippen molar-refractivity contribution in [2.24, 2.45) is 0 Å². The van der Waals surface area contributed by atoms with E-state index in [1.165, 1.54) is 13.8 Å². The van der Waals surface area contributed by atoms with Crippen molar-refractivity contribution in [3.63, 3.8) is 0 Å². The second kappa shape index (κ2) is 35.8. The van der Waals surface area contributed by atoms with Gasteiger partial charge in [-0.1, -0.05) is 243 Å². The lowest BCUT2D eigenvalue weighted by Crippen LogP contribution is -2.69. The van der Waals surface area contributed by atoms with Gasteiger partial charge in [-0.05, 0) is 51.4 Å². The Morgan fingerprint density at radius 2 is 0.632 bits per heavy atom. The first kappa shape index (κ1) is 68.6. The number of nitrogens with one attached hydrogen (secondary N) is 1. The summed E-state index contributed by atoms with van der Waals surface area (Å²) in [5, 5.41) is 3.01. The molecule has 8 aromatic carbocycles. The van der Waals surface area contributed by atoms with Crippen molar-refractivity contribution < 1.29 is 75.9 Å². The van der Waals surface area contributed by atoms with Crippen LogP contribution in [-0.4, -0.2) is 117 Å². The van der Waals surface area contributed by atoms with E-state index in [1.54, 1.807) is 0 Å². The minimum absolute atomic E-state index is 0.0240. The van der Waals surface area contributed by atoms with E-state index in [1.807, 2.05) is 250 Å². The van der Waals surface area contributed by atoms with E-state index in [9.17, 15) is 9.59 Å². The molecule has 0 radical (unpaired) electrons. The number of amides is 1. The van der Waals surface area contributed by atoms with Crippen LogP contribution in [0.5, 0.6) is 0 Å². The summed E-state index contributed by atoms with van der Waals surface area (Å²) in [4.78, 5) is 27.3. The van der Waals surface area contributed by atoms with E-state index in [-0.39, 0.29) is 66.1 Å². The highest BCUT2D eigenvalue weighted by molar-refractivity contribution is 5.73. The number of carbonyl (C=O) groups is 2. The van der Waals surface area contributed by atoms with Crippen LogP contribution in [0, 0.1) is 0 Å². The van der Waals surface area contributed by atoms with Crippen LogP contribution in [0.15, 0.2) is 243 Å². The Morgan fingerprint density at radius 3 is 1.02 bits per heavy atom. The van der Waals surface area contributed by atoms with Gasteiger partial charge in [0.25, 0.3) is 0 Å². The number of rotatable bonds is 32. The molecular formula is C78H85NO16. The van der Waals surface area contributed by atoms with Crippen molar-refractivity contribution in [3.8, 4) is 0 Å². The number of hydrogen-bond acceptors (Lipinski definition) is 16. The second-order valence-corrected chi connectivity index (χ2v) is 23.9. The topological polar surface area (TPSA) is 175 Å². The monoisotopic (exact) mass is 1290 g/mol. The fourth-order valence-corrected chi connectivity index (χ4v) is 12.0. The summed E-state index contributed by atoms with van der Waals surface area (Å²) in [7, 11) is 0. The van der Waals surface area contributed by atoms with E-state index < -0.39 is 104 Å². The molecule has 15 atom stereocenters. The zero-order chi connectivity index (χ0) is 65.4. The van der Waals surface area contributed by atoms with Gasteiger partial charge in [0.05, 0.1) is 72.2 Å². The quantitative estimate of drug-likeness (QED) is 0.0394. The van der Waals surface area contributed by atoms with Crippen LogP contribution >= 0.6 is 0 Å². The third-order valence-electron chi connectivity index (χ3n) is 16.7. The minimum atomic E-state index is -1.48. The third-order valence-corrected chi connectivity index (χ3v) is 16.7. The summed E-state index contributed by atoms with van der Waals surface area (Å²) in [6.07, 6.45) is -15.1. The molecule has 3 aliphatic rings. The van der Waals surface area contributed by atoms with Crippen molar-refractivity contribution in [1.29, 1.82) is 0 Å². The zero-order valence-electron chi connectivity index (χ0n) is 53.9. The van der Waals surface area contributed by atoms with Crippen LogP contribution in [0.25, 0.3) is 0 Å². The van der Waals surface area contributed by atoms with Gasteiger partial charge in [0.2, 0.25) is 5.91 Å². The van der Waals surface area contributed by atoms with Crippen LogP contribution in [0.2, 0.25) is 0 Å². The lowest BCUT2D eigenvalue weighted by molar-refractivity contribution is -0.395. The van der Waals surface area contributed by atoms with E-state index >= 15 is 0 Å². The lowest BCUT2D eigenvalue weighted by Gasteiger charge is -2.51. The fraction of sp³-hybridized carbons (Fsp3) is 0.359. The third kappa shape index (κ3) is 20.1. The first-order chi connectivity index (χ1) is 46.7. The van der Waals surface area contributed by atoms with E-state index in [0.717, 1.165) is 44.5 Å². The molecule has 3 saturated heterocycles. The van der Waals surface area contributed by atoms with Gasteiger partial charge in [0.1, 0.15) is 61.0 Å². The first-order valence-electron chi connectivity index (χ1n) is 32.6. The predicted molar refractivity (Wildman–Crippen MR) is 353 cm³/mol. The standard InChI is InChI=1S/C78H85NO16/c1-54-68(84-46-59-32-16-6-17-33-59)72(86-48-61-36-20-8-21-37-61)74(88-50-63-40-24-10-25-41-63)77(90-54)95-75-73(87-49-62-38-22-9-23-39-62)69(85-47-60-34-18-7-19-35-60)65(52-82-44-57-28-12-4-13-29-57)93-78(75)94-70-66(53-83-45-58-30-14-5-15-31-58)92-76(89-51-64-42-26-11-27-43-64)67(79-55(2)80)71(70)91-56(3)81/h4-43,54,65-78H,44-53H2,1-3H3,(H,79,80)/t54-,65+,66-,67+,68-,69+,70-,71+,72-,73-,74-,75+,76-,77-,78-/m0/s1. The molecule has 1 N–H and O–H groups in total. The van der Waals surface area contributed by atoms with Crippen molar-refractivity contribution >= 4 is 11.9 Å². The highest BCUT2D eigenvalue weighted by atomic mass is 16.8. The molecule has 3 aliphatic heterocycles. The Labute approximate surface area is 556 Å². The van der Waals surface area contributed by atoms with Gasteiger partial charge in [-0.25, -0.2) is 0 Å². The molecule has 498 valence electrons. The molecule has 95 heavy (non-hydrogen) atoms. The number of benzene rings is 8. The van der Waals surface area contributed by atoms with Crippen LogP contribution in [0.4, 0.5) is 0 Å². The van der Waals surface area contributed by atoms with Gasteiger partial charge in [-0.3, -0.25) is 9.59 Å². The smallest absolute Gasteiger partial charge is 0.303 e. The van der Waals surface area contributed by atoms with Gasteiger partial charge in [0.15, 0.2) is 25.0 Å². The van der Waals surface area contributed by atoms with Crippen LogP contribution < -0.4 is 5.32 Å². The molecule has 0 bridgehead atoms. The lowest BCUT2D eigenvalue weighted by atomic mass is 9.94. The Balaban J connectivity index is 1.04. The summed E-state index contributed by atoms with van der Waals surface area (Å²) in [6.45, 7) is 5.75. The van der Waals surface area contributed by atoms with Gasteiger partial charge < -0.3 is 71.6 Å². The Kier molecular flexibility index (Phi) is 25.8. The number of esters is 1. The number of carbonyl (C=O) groups excluding carboxylic acids is 2. The molecule has 3 fully saturated rings. The average molecular weight is 1290 g/mol. The summed E-state index contributed by atoms with van der Waals surface area (Å²) < 4.78 is 98.8. The summed E-state index contributed by atoms with van der Waals surface area (Å²) >= 11 is 0. The minimum Gasteiger partial charge on any atom is -0.457 e. The predicted octanol–water partition coefficient (Wildman–Crippen LogP) is 12.0. The van der Waals surface area contributed by atoms with Crippen molar-refractivity contribution in [2.75, 3.05) is 13.2 Å². The molecule has 1 amide bonds. The molecule has 0 spiro atoms. The van der Waals surface area contributed by atoms with Gasteiger partial charge in [0, 0.05) is 13.8 Å². The molecule has 0 aliphatic carbocycles. The second-order valence-electron chi connectivity index (χ2n) is 23.9. The van der Waals surface area contributed by atoms with Crippen LogP contribution in [0.3, 0.4) is 0 Å². The summed E-state index contributed by atoms with van der Waals surface area (Å²) in [6, 6.07) is 77.3. The molecule has 3 heterocycles. The highest BCUT2D eigenvalue weighted by Gasteiger charge is 2.57. The SMILES string of the molecule is CC(=O)N[C@H]1[C@@H](OCc2ccccc2)O[C@@H](COCc2ccccc2)[C@H](O[C@@H]2O[C@H](COCc3ccccc3)[C@@H](OCc3ccccc3)[C@H](OCc3ccccc3)[C@H]2O[C@@H]2O[C@@H](C)[C@H](OCc3ccccc3)[C@H](OCc3ccccc3)[C@@H]2OCc2ccccc2)[C@@H]1OC(C)=O. The average Bonchev–Trinajstić information content (AvgIpc) is 0.775. The first-order valence-corrected chi connectivity index (χ1v) is 32.6. The van der Waals surface area contributed by atoms with E-state index in [2.05, 4.69) is 5.32 Å². The maximum atomic E-state index is 13.8. The Morgan fingerprint density at radius 1 is 0.326 bits per heavy atom. The van der Waals surface area contributed by atoms with Crippen molar-refractivity contribution in [1.82, 2.24) is 5.32 Å². The van der Waals surface area contributed by atoms with Gasteiger partial charge in [-0.2, -0.15) is 0 Å². The molecular weight excluding hydrogens is 1210 g/mol. The van der Waals surface area contributed by atoms with Gasteiger partial charge >= 0.3 is 5.97 Å². The summed E-state index contributed by atoms with van der Waals surface area (Å²) in [5.74, 6) is -1.11. The molecule has 17 heteroatoms. The number of hydrogen-bond donors (Lipinski definition) is 1. The Bertz CT molecular complexity index is 3480.